The van der Waals surface area contributed by atoms with Crippen LogP contribution in [-0.4, -0.2) is 44.5 Å². The van der Waals surface area contributed by atoms with E-state index in [0.717, 1.165) is 27.6 Å². The minimum absolute atomic E-state index is 0.0512. The summed E-state index contributed by atoms with van der Waals surface area (Å²) >= 11 is 2.81. The quantitative estimate of drug-likeness (QED) is 0.156. The first-order valence-electron chi connectivity index (χ1n) is 13.7. The van der Waals surface area contributed by atoms with Gasteiger partial charge in [-0.15, -0.1) is 33.3 Å². The van der Waals surface area contributed by atoms with Crippen molar-refractivity contribution in [2.75, 3.05) is 18.7 Å². The Bertz CT molecular complexity index is 1840. The van der Waals surface area contributed by atoms with E-state index in [4.69, 9.17) is 4.74 Å². The third kappa shape index (κ3) is 6.61. The average Bonchev–Trinajstić information content (AvgIpc) is 3.65. The van der Waals surface area contributed by atoms with Crippen LogP contribution in [0.2, 0.25) is 0 Å². The van der Waals surface area contributed by atoms with E-state index in [-0.39, 0.29) is 11.4 Å². The number of thiazole rings is 1. The highest BCUT2D eigenvalue weighted by Crippen LogP contribution is 2.36. The number of carbonyl (C=O) groups excluding carboxylic acids is 1. The molecule has 2 heterocycles. The maximum absolute atomic E-state index is 15.4. The molecular formula is C32H27FN6O2S2. The Morgan fingerprint density at radius 3 is 2.74 bits per heavy atom. The van der Waals surface area contributed by atoms with Crippen molar-refractivity contribution in [1.82, 2.24) is 25.2 Å². The van der Waals surface area contributed by atoms with Crippen LogP contribution in [0.1, 0.15) is 57.4 Å². The zero-order chi connectivity index (χ0) is 29.8. The summed E-state index contributed by atoms with van der Waals surface area (Å²) in [5.41, 5.74) is 3.72. The number of hydrogen-bond acceptors (Lipinski definition) is 8. The van der Waals surface area contributed by atoms with E-state index < -0.39 is 11.7 Å². The molecule has 0 spiro atoms. The third-order valence-corrected chi connectivity index (χ3v) is 8.71. The molecule has 0 radical (unpaired) electrons. The molecule has 1 amide bonds. The Labute approximate surface area is 256 Å². The minimum Gasteiger partial charge on any atom is -0.497 e. The molecule has 0 bridgehead atoms. The van der Waals surface area contributed by atoms with Gasteiger partial charge in [0.2, 0.25) is 5.82 Å². The Hall–Kier alpha value is -4.53. The van der Waals surface area contributed by atoms with Gasteiger partial charge in [-0.2, -0.15) is 4.80 Å². The van der Waals surface area contributed by atoms with Crippen molar-refractivity contribution in [3.05, 3.63) is 99.3 Å². The van der Waals surface area contributed by atoms with E-state index >= 15 is 4.39 Å². The summed E-state index contributed by atoms with van der Waals surface area (Å²) in [6, 6.07) is 17.7. The van der Waals surface area contributed by atoms with Gasteiger partial charge >= 0.3 is 0 Å². The van der Waals surface area contributed by atoms with Crippen LogP contribution in [0, 0.1) is 17.7 Å². The second-order valence-electron chi connectivity index (χ2n) is 10.0. The summed E-state index contributed by atoms with van der Waals surface area (Å²) in [6.45, 7) is 0.393. The van der Waals surface area contributed by atoms with E-state index in [2.05, 4.69) is 42.9 Å². The molecule has 0 unspecified atom stereocenters. The summed E-state index contributed by atoms with van der Waals surface area (Å²) in [5.74, 6) is 6.61. The lowest BCUT2D eigenvalue weighted by molar-refractivity contribution is 0.102. The number of thioether (sulfide) groups is 1. The van der Waals surface area contributed by atoms with Gasteiger partial charge in [0, 0.05) is 33.0 Å². The lowest BCUT2D eigenvalue weighted by Gasteiger charge is -2.22. The number of benzene rings is 3. The standard InChI is InChI=1S/C32H27FN6O2S2/c1-41-25-12-9-21(10-13-25)18-39-37-31(36-38-39)23-16-26(33)30(28(17-23)42-2)32(40)34-24-8-3-5-20(15-24)11-14-29-35-27(19-43-29)22-6-4-7-22/h3,5,8-10,12-13,15-17,19,22H,4,6-7,18H2,1-2H3,(H,34,40). The second-order valence-corrected chi connectivity index (χ2v) is 11.7. The van der Waals surface area contributed by atoms with Crippen molar-refractivity contribution in [2.24, 2.45) is 0 Å². The fraction of sp³-hybridized carbons (Fsp3) is 0.219. The number of amides is 1. The number of nitrogens with zero attached hydrogens (tertiary/aromatic N) is 5. The number of aromatic nitrogens is 5. The van der Waals surface area contributed by atoms with Crippen LogP contribution in [-0.2, 0) is 6.54 Å². The first kappa shape index (κ1) is 28.6. The van der Waals surface area contributed by atoms with Gasteiger partial charge in [-0.3, -0.25) is 4.79 Å². The SMILES string of the molecule is COc1ccc(Cn2nnc(-c3cc(F)c(C(=O)Nc4cccc(C#Cc5nc(C6CCC6)cs5)c4)c(SC)c3)n2)cc1. The van der Waals surface area contributed by atoms with Crippen molar-refractivity contribution in [2.45, 2.75) is 36.6 Å². The normalized spacial score (nSPS) is 12.7. The number of anilines is 1. The van der Waals surface area contributed by atoms with Crippen LogP contribution in [0.3, 0.4) is 0 Å². The summed E-state index contributed by atoms with van der Waals surface area (Å²) in [6.07, 6.45) is 5.45. The van der Waals surface area contributed by atoms with E-state index in [9.17, 15) is 4.79 Å². The van der Waals surface area contributed by atoms with E-state index in [1.807, 2.05) is 30.3 Å². The highest BCUT2D eigenvalue weighted by molar-refractivity contribution is 7.98. The van der Waals surface area contributed by atoms with Gasteiger partial charge in [0.15, 0.2) is 5.01 Å². The molecule has 3 aromatic carbocycles. The maximum atomic E-state index is 15.4. The molecule has 5 aromatic rings. The summed E-state index contributed by atoms with van der Waals surface area (Å²) in [4.78, 5) is 19.8. The third-order valence-electron chi connectivity index (χ3n) is 7.17. The predicted molar refractivity (Wildman–Crippen MR) is 166 cm³/mol. The van der Waals surface area contributed by atoms with Gasteiger partial charge in [0.1, 0.15) is 11.6 Å². The molecule has 11 heteroatoms. The molecule has 2 aromatic heterocycles. The van der Waals surface area contributed by atoms with Crippen molar-refractivity contribution in [1.29, 1.82) is 0 Å². The number of rotatable bonds is 8. The highest BCUT2D eigenvalue weighted by atomic mass is 32.2. The molecule has 1 fully saturated rings. The van der Waals surface area contributed by atoms with E-state index in [1.165, 1.54) is 41.9 Å². The molecule has 8 nitrogen and oxygen atoms in total. The molecule has 1 N–H and O–H groups in total. The van der Waals surface area contributed by atoms with E-state index in [0.29, 0.717) is 28.6 Å². The number of nitrogens with one attached hydrogen (secondary N) is 1. The van der Waals surface area contributed by atoms with Crippen LogP contribution in [0.15, 0.2) is 70.9 Å². The van der Waals surface area contributed by atoms with E-state index in [1.54, 1.807) is 49.0 Å². The largest absolute Gasteiger partial charge is 0.497 e. The van der Waals surface area contributed by atoms with Crippen LogP contribution >= 0.6 is 23.1 Å². The van der Waals surface area contributed by atoms with Crippen LogP contribution in [0.4, 0.5) is 10.1 Å². The molecule has 1 aliphatic rings. The number of ether oxygens (including phenoxy) is 1. The fourth-order valence-electron chi connectivity index (χ4n) is 4.64. The number of hydrogen-bond donors (Lipinski definition) is 1. The number of halogens is 1. The summed E-state index contributed by atoms with van der Waals surface area (Å²) in [7, 11) is 1.61. The van der Waals surface area contributed by atoms with Crippen molar-refractivity contribution >= 4 is 34.7 Å². The van der Waals surface area contributed by atoms with Gasteiger partial charge < -0.3 is 10.1 Å². The van der Waals surface area contributed by atoms with Crippen molar-refractivity contribution < 1.29 is 13.9 Å². The van der Waals surface area contributed by atoms with Crippen molar-refractivity contribution in [3.8, 4) is 29.0 Å². The average molecular weight is 611 g/mol. The Morgan fingerprint density at radius 2 is 2.00 bits per heavy atom. The Kier molecular flexibility index (Phi) is 8.49. The van der Waals surface area contributed by atoms with Gasteiger partial charge in [0.05, 0.1) is 24.9 Å². The highest BCUT2D eigenvalue weighted by Gasteiger charge is 2.22. The minimum atomic E-state index is -0.673. The molecule has 0 saturated heterocycles. The predicted octanol–water partition coefficient (Wildman–Crippen LogP) is 6.63. The molecule has 43 heavy (non-hydrogen) atoms. The van der Waals surface area contributed by atoms with Gasteiger partial charge in [-0.1, -0.05) is 30.5 Å². The zero-order valence-electron chi connectivity index (χ0n) is 23.5. The summed E-state index contributed by atoms with van der Waals surface area (Å²) in [5, 5.41) is 18.3. The molecule has 6 rings (SSSR count). The zero-order valence-corrected chi connectivity index (χ0v) is 25.1. The first-order chi connectivity index (χ1) is 21.0. The molecule has 1 saturated carbocycles. The molecule has 0 atom stereocenters. The van der Waals surface area contributed by atoms with Crippen LogP contribution in [0.5, 0.6) is 5.75 Å². The maximum Gasteiger partial charge on any atom is 0.259 e. The molecule has 216 valence electrons. The van der Waals surface area contributed by atoms with Crippen molar-refractivity contribution in [3.63, 3.8) is 0 Å². The smallest absolute Gasteiger partial charge is 0.259 e. The lowest BCUT2D eigenvalue weighted by Crippen LogP contribution is -2.15. The number of carbonyl (C=O) groups is 1. The summed E-state index contributed by atoms with van der Waals surface area (Å²) < 4.78 is 20.6. The van der Waals surface area contributed by atoms with Gasteiger partial charge in [-0.05, 0) is 78.3 Å². The lowest BCUT2D eigenvalue weighted by atomic mass is 9.83. The number of methoxy groups -OCH3 is 1. The first-order valence-corrected chi connectivity index (χ1v) is 15.8. The Balaban J connectivity index is 1.16. The van der Waals surface area contributed by atoms with Crippen LogP contribution in [0.25, 0.3) is 11.4 Å². The fourth-order valence-corrected chi connectivity index (χ4v) is 6.03. The Morgan fingerprint density at radius 1 is 1.16 bits per heavy atom. The molecular weight excluding hydrogens is 584 g/mol. The van der Waals surface area contributed by atoms with Gasteiger partial charge in [0.25, 0.3) is 5.91 Å². The monoisotopic (exact) mass is 610 g/mol. The van der Waals surface area contributed by atoms with Crippen LogP contribution < -0.4 is 10.1 Å². The topological polar surface area (TPSA) is 94.8 Å². The van der Waals surface area contributed by atoms with Gasteiger partial charge in [-0.25, -0.2) is 9.37 Å². The number of tetrazole rings is 1. The molecule has 1 aliphatic carbocycles. The second kappa shape index (κ2) is 12.8. The molecule has 0 aliphatic heterocycles.